The summed E-state index contributed by atoms with van der Waals surface area (Å²) in [4.78, 5) is 2.06. The zero-order chi connectivity index (χ0) is 16.8. The summed E-state index contributed by atoms with van der Waals surface area (Å²) in [7, 11) is 1.76. The summed E-state index contributed by atoms with van der Waals surface area (Å²) < 4.78 is 5.21. The quantitative estimate of drug-likeness (QED) is 0.535. The van der Waals surface area contributed by atoms with Crippen LogP contribution in [0.1, 0.15) is 68.4 Å². The minimum Gasteiger partial charge on any atom is -0.380 e. The van der Waals surface area contributed by atoms with Crippen molar-refractivity contribution in [2.45, 2.75) is 63.9 Å². The van der Waals surface area contributed by atoms with Crippen LogP contribution < -0.4 is 0 Å². The molecule has 1 aromatic carbocycles. The van der Waals surface area contributed by atoms with Gasteiger partial charge in [0.25, 0.3) is 0 Å². The molecular formula is C22H31BrO. The van der Waals surface area contributed by atoms with E-state index in [0.717, 1.165) is 30.3 Å². The van der Waals surface area contributed by atoms with Crippen molar-refractivity contribution >= 4 is 15.9 Å². The van der Waals surface area contributed by atoms with E-state index in [2.05, 4.69) is 51.3 Å². The van der Waals surface area contributed by atoms with E-state index in [1.807, 2.05) is 0 Å². The first-order valence-electron chi connectivity index (χ1n) is 9.64. The van der Waals surface area contributed by atoms with Gasteiger partial charge >= 0.3 is 0 Å². The number of allylic oxidation sites excluding steroid dienone is 1. The van der Waals surface area contributed by atoms with Crippen molar-refractivity contribution in [1.82, 2.24) is 0 Å². The largest absolute Gasteiger partial charge is 0.380 e. The predicted molar refractivity (Wildman–Crippen MR) is 105 cm³/mol. The second-order valence-electron chi connectivity index (χ2n) is 7.78. The van der Waals surface area contributed by atoms with E-state index in [-0.39, 0.29) is 0 Å². The number of halogens is 1. The Hall–Kier alpha value is -0.600. The summed E-state index contributed by atoms with van der Waals surface area (Å²) in [6.45, 7) is 0.722. The number of ether oxygens (including phenoxy) is 1. The Bertz CT molecular complexity index is 505. The van der Waals surface area contributed by atoms with Gasteiger partial charge in [0.1, 0.15) is 0 Å². The lowest BCUT2D eigenvalue weighted by molar-refractivity contribution is 0.171. The average molecular weight is 391 g/mol. The van der Waals surface area contributed by atoms with E-state index in [1.165, 1.54) is 56.9 Å². The Morgan fingerprint density at radius 1 is 0.917 bits per heavy atom. The number of hydrogen-bond acceptors (Lipinski definition) is 1. The van der Waals surface area contributed by atoms with Gasteiger partial charge in [0.2, 0.25) is 0 Å². The SMILES string of the molecule is COCc1ccc(C2CCC(C3CCC(C=CBr)CC3)CC2)cc1. The van der Waals surface area contributed by atoms with Gasteiger partial charge in [-0.25, -0.2) is 0 Å². The smallest absolute Gasteiger partial charge is 0.0713 e. The van der Waals surface area contributed by atoms with Crippen molar-refractivity contribution in [2.75, 3.05) is 7.11 Å². The molecule has 0 N–H and O–H groups in total. The molecule has 0 aliphatic heterocycles. The van der Waals surface area contributed by atoms with E-state index in [9.17, 15) is 0 Å². The summed E-state index contributed by atoms with van der Waals surface area (Å²) in [6, 6.07) is 9.14. The minimum absolute atomic E-state index is 0.722. The highest BCUT2D eigenvalue weighted by Gasteiger charge is 2.30. The molecule has 2 aliphatic rings. The number of benzene rings is 1. The Kier molecular flexibility index (Phi) is 6.97. The van der Waals surface area contributed by atoms with Gasteiger partial charge in [-0.2, -0.15) is 0 Å². The molecule has 0 bridgehead atoms. The standard InChI is InChI=1S/C22H31BrO/c1-24-16-18-4-8-20(9-5-18)22-12-10-21(11-13-22)19-6-2-17(3-7-19)14-15-23/h4-5,8-9,14-15,17,19,21-22H,2-3,6-7,10-13,16H2,1H3. The molecular weight excluding hydrogens is 360 g/mol. The Morgan fingerprint density at radius 3 is 2.04 bits per heavy atom. The molecule has 0 amide bonds. The summed E-state index contributed by atoms with van der Waals surface area (Å²) in [5.41, 5.74) is 2.82. The van der Waals surface area contributed by atoms with Crippen LogP contribution in [-0.2, 0) is 11.3 Å². The maximum Gasteiger partial charge on any atom is 0.0713 e. The highest BCUT2D eigenvalue weighted by molar-refractivity contribution is 9.11. The van der Waals surface area contributed by atoms with Crippen LogP contribution in [0.4, 0.5) is 0 Å². The maximum absolute atomic E-state index is 5.21. The second kappa shape index (κ2) is 9.20. The third kappa shape index (κ3) is 4.73. The van der Waals surface area contributed by atoms with Crippen molar-refractivity contribution in [2.24, 2.45) is 17.8 Å². The first kappa shape index (κ1) is 18.2. The minimum atomic E-state index is 0.722. The highest BCUT2D eigenvalue weighted by Crippen LogP contribution is 2.44. The van der Waals surface area contributed by atoms with E-state index in [4.69, 9.17) is 4.74 Å². The molecule has 0 atom stereocenters. The highest BCUT2D eigenvalue weighted by atomic mass is 79.9. The lowest BCUT2D eigenvalue weighted by Crippen LogP contribution is -2.25. The Morgan fingerprint density at radius 2 is 1.50 bits per heavy atom. The fourth-order valence-corrected chi connectivity index (χ4v) is 5.32. The zero-order valence-corrected chi connectivity index (χ0v) is 16.5. The molecule has 2 aliphatic carbocycles. The van der Waals surface area contributed by atoms with Gasteiger partial charge in [-0.15, -0.1) is 0 Å². The van der Waals surface area contributed by atoms with Crippen LogP contribution in [0.3, 0.4) is 0 Å². The van der Waals surface area contributed by atoms with Crippen LogP contribution in [0.25, 0.3) is 0 Å². The molecule has 1 nitrogen and oxygen atoms in total. The molecule has 0 saturated heterocycles. The molecule has 0 aromatic heterocycles. The summed E-state index contributed by atoms with van der Waals surface area (Å²) in [5.74, 6) is 3.59. The second-order valence-corrected chi connectivity index (χ2v) is 8.31. The van der Waals surface area contributed by atoms with Gasteiger partial charge in [0.15, 0.2) is 0 Å². The van der Waals surface area contributed by atoms with Crippen molar-refractivity contribution in [3.63, 3.8) is 0 Å². The predicted octanol–water partition coefficient (Wildman–Crippen LogP) is 6.82. The van der Waals surface area contributed by atoms with E-state index in [1.54, 1.807) is 12.7 Å². The van der Waals surface area contributed by atoms with Crippen LogP contribution in [0, 0.1) is 17.8 Å². The molecule has 0 spiro atoms. The molecule has 1 aromatic rings. The van der Waals surface area contributed by atoms with Crippen LogP contribution in [0.2, 0.25) is 0 Å². The van der Waals surface area contributed by atoms with Crippen molar-refractivity contribution in [3.05, 3.63) is 46.5 Å². The van der Waals surface area contributed by atoms with Gasteiger partial charge in [0.05, 0.1) is 6.61 Å². The lowest BCUT2D eigenvalue weighted by Gasteiger charge is -2.37. The van der Waals surface area contributed by atoms with E-state index in [0.29, 0.717) is 0 Å². The molecule has 2 fully saturated rings. The van der Waals surface area contributed by atoms with Gasteiger partial charge in [-0.05, 0) is 91.2 Å². The number of methoxy groups -OCH3 is 1. The first-order chi connectivity index (χ1) is 11.8. The molecule has 0 unspecified atom stereocenters. The van der Waals surface area contributed by atoms with Crippen LogP contribution in [0.5, 0.6) is 0 Å². The third-order valence-corrected chi connectivity index (χ3v) is 6.67. The van der Waals surface area contributed by atoms with Gasteiger partial charge in [-0.1, -0.05) is 46.3 Å². The molecule has 2 heteroatoms. The topological polar surface area (TPSA) is 9.23 Å². The Labute approximate surface area is 156 Å². The van der Waals surface area contributed by atoms with Crippen LogP contribution >= 0.6 is 15.9 Å². The number of rotatable bonds is 5. The fourth-order valence-electron chi connectivity index (χ4n) is 4.89. The molecule has 3 rings (SSSR count). The van der Waals surface area contributed by atoms with Crippen molar-refractivity contribution < 1.29 is 4.74 Å². The lowest BCUT2D eigenvalue weighted by atomic mass is 9.68. The zero-order valence-electron chi connectivity index (χ0n) is 14.9. The maximum atomic E-state index is 5.21. The van der Waals surface area contributed by atoms with Crippen molar-refractivity contribution in [3.8, 4) is 0 Å². The van der Waals surface area contributed by atoms with E-state index >= 15 is 0 Å². The fraction of sp³-hybridized carbons (Fsp3) is 0.636. The van der Waals surface area contributed by atoms with Gasteiger partial charge < -0.3 is 4.74 Å². The molecule has 2 saturated carbocycles. The summed E-state index contributed by atoms with van der Waals surface area (Å²) in [5, 5.41) is 0. The van der Waals surface area contributed by atoms with Crippen molar-refractivity contribution in [1.29, 1.82) is 0 Å². The van der Waals surface area contributed by atoms with Crippen LogP contribution in [0.15, 0.2) is 35.3 Å². The number of hydrogen-bond donors (Lipinski definition) is 0. The molecule has 132 valence electrons. The molecule has 0 radical (unpaired) electrons. The molecule has 24 heavy (non-hydrogen) atoms. The summed E-state index contributed by atoms with van der Waals surface area (Å²) >= 11 is 3.43. The Balaban J connectivity index is 1.47. The monoisotopic (exact) mass is 390 g/mol. The molecule has 0 heterocycles. The average Bonchev–Trinajstić information content (AvgIpc) is 2.64. The first-order valence-corrected chi connectivity index (χ1v) is 10.6. The van der Waals surface area contributed by atoms with Gasteiger partial charge in [-0.3, -0.25) is 0 Å². The van der Waals surface area contributed by atoms with Crippen LogP contribution in [-0.4, -0.2) is 7.11 Å². The summed E-state index contributed by atoms with van der Waals surface area (Å²) in [6.07, 6.45) is 13.7. The van der Waals surface area contributed by atoms with Gasteiger partial charge in [0, 0.05) is 7.11 Å². The van der Waals surface area contributed by atoms with E-state index < -0.39 is 0 Å². The normalized spacial score (nSPS) is 31.4. The third-order valence-electron chi connectivity index (χ3n) is 6.36.